The number of esters is 1. The van der Waals surface area contributed by atoms with Crippen LogP contribution < -0.4 is 14.8 Å². The van der Waals surface area contributed by atoms with E-state index < -0.39 is 18.0 Å². The maximum atomic E-state index is 12.3. The van der Waals surface area contributed by atoms with Crippen molar-refractivity contribution in [2.24, 2.45) is 0 Å². The predicted molar refractivity (Wildman–Crippen MR) is 109 cm³/mol. The van der Waals surface area contributed by atoms with Gasteiger partial charge in [-0.1, -0.05) is 12.1 Å². The van der Waals surface area contributed by atoms with E-state index in [2.05, 4.69) is 5.32 Å². The van der Waals surface area contributed by atoms with E-state index in [9.17, 15) is 14.4 Å². The Morgan fingerprint density at radius 2 is 1.76 bits per heavy atom. The average molecular weight is 397 g/mol. The van der Waals surface area contributed by atoms with Crippen LogP contribution in [0.4, 0.5) is 5.69 Å². The van der Waals surface area contributed by atoms with Gasteiger partial charge in [-0.3, -0.25) is 9.59 Å². The fourth-order valence-corrected chi connectivity index (χ4v) is 2.51. The molecule has 0 aromatic heterocycles. The first-order valence-electron chi connectivity index (χ1n) is 8.87. The number of anilines is 1. The highest BCUT2D eigenvalue weighted by atomic mass is 16.5. The quantitative estimate of drug-likeness (QED) is 0.417. The molecular weight excluding hydrogens is 374 g/mol. The summed E-state index contributed by atoms with van der Waals surface area (Å²) in [6, 6.07) is 11.8. The number of para-hydroxylation sites is 1. The third-order valence-corrected chi connectivity index (χ3v) is 4.07. The van der Waals surface area contributed by atoms with Gasteiger partial charge in [0.1, 0.15) is 11.5 Å². The van der Waals surface area contributed by atoms with Crippen molar-refractivity contribution >= 4 is 29.4 Å². The topological polar surface area (TPSA) is 90.9 Å². The molecule has 152 valence electrons. The van der Waals surface area contributed by atoms with Crippen molar-refractivity contribution < 1.29 is 28.6 Å². The minimum absolute atomic E-state index is 0.179. The van der Waals surface area contributed by atoms with Gasteiger partial charge in [-0.25, -0.2) is 4.79 Å². The van der Waals surface area contributed by atoms with Crippen LogP contribution in [0.3, 0.4) is 0 Å². The number of ether oxygens (including phenoxy) is 3. The average Bonchev–Trinajstić information content (AvgIpc) is 2.72. The van der Waals surface area contributed by atoms with Crippen LogP contribution in [-0.2, 0) is 14.3 Å². The number of amides is 1. The number of hydrogen-bond acceptors (Lipinski definition) is 6. The molecule has 2 rings (SSSR count). The second-order valence-electron chi connectivity index (χ2n) is 6.11. The van der Waals surface area contributed by atoms with Crippen molar-refractivity contribution in [3.63, 3.8) is 0 Å². The van der Waals surface area contributed by atoms with Crippen LogP contribution in [0.1, 0.15) is 29.8 Å². The van der Waals surface area contributed by atoms with Crippen LogP contribution in [0.15, 0.2) is 48.5 Å². The molecule has 29 heavy (non-hydrogen) atoms. The smallest absolute Gasteiger partial charge is 0.331 e. The van der Waals surface area contributed by atoms with Crippen molar-refractivity contribution in [3.8, 4) is 11.5 Å². The minimum atomic E-state index is -1.05. The first-order valence-corrected chi connectivity index (χ1v) is 8.87. The molecule has 1 amide bonds. The molecule has 0 radical (unpaired) electrons. The molecule has 0 aliphatic rings. The number of ketones is 1. The van der Waals surface area contributed by atoms with E-state index in [-0.39, 0.29) is 5.78 Å². The lowest BCUT2D eigenvalue weighted by atomic mass is 10.1. The highest BCUT2D eigenvalue weighted by molar-refractivity contribution is 6.05. The molecule has 7 heteroatoms. The van der Waals surface area contributed by atoms with Gasteiger partial charge in [0.2, 0.25) is 0 Å². The van der Waals surface area contributed by atoms with Crippen LogP contribution in [0.2, 0.25) is 0 Å². The van der Waals surface area contributed by atoms with Crippen LogP contribution in [0, 0.1) is 0 Å². The summed E-state index contributed by atoms with van der Waals surface area (Å²) >= 11 is 0. The van der Waals surface area contributed by atoms with E-state index >= 15 is 0 Å². The maximum absolute atomic E-state index is 12.3. The monoisotopic (exact) mass is 397 g/mol. The molecule has 0 bridgehead atoms. The third-order valence-electron chi connectivity index (χ3n) is 4.07. The van der Waals surface area contributed by atoms with E-state index in [1.165, 1.54) is 33.1 Å². The highest BCUT2D eigenvalue weighted by Gasteiger charge is 2.18. The molecule has 2 aromatic carbocycles. The molecule has 0 saturated carbocycles. The lowest BCUT2D eigenvalue weighted by Crippen LogP contribution is -2.30. The number of methoxy groups -OCH3 is 2. The van der Waals surface area contributed by atoms with Gasteiger partial charge in [-0.2, -0.15) is 0 Å². The Morgan fingerprint density at radius 1 is 1.03 bits per heavy atom. The Labute approximate surface area is 169 Å². The van der Waals surface area contributed by atoms with Gasteiger partial charge in [-0.15, -0.1) is 0 Å². The van der Waals surface area contributed by atoms with Gasteiger partial charge in [0, 0.05) is 23.3 Å². The molecule has 0 spiro atoms. The van der Waals surface area contributed by atoms with Gasteiger partial charge in [0.25, 0.3) is 5.91 Å². The van der Waals surface area contributed by atoms with Crippen molar-refractivity contribution in [2.45, 2.75) is 20.0 Å². The zero-order valence-corrected chi connectivity index (χ0v) is 16.7. The molecule has 2 aromatic rings. The maximum Gasteiger partial charge on any atom is 0.331 e. The predicted octanol–water partition coefficient (Wildman–Crippen LogP) is 3.49. The Hall–Kier alpha value is -3.61. The van der Waals surface area contributed by atoms with Gasteiger partial charge < -0.3 is 19.5 Å². The van der Waals surface area contributed by atoms with E-state index in [4.69, 9.17) is 14.2 Å². The number of benzene rings is 2. The SMILES string of the molecule is COc1ccc(/C=C/C(=O)OC(C)C(=O)Nc2ccccc2C(C)=O)c(OC)c1. The lowest BCUT2D eigenvalue weighted by Gasteiger charge is -2.14. The molecular formula is C22H23NO6. The molecule has 0 fully saturated rings. The van der Waals surface area contributed by atoms with Gasteiger partial charge >= 0.3 is 5.97 Å². The number of hydrogen-bond donors (Lipinski definition) is 1. The van der Waals surface area contributed by atoms with Gasteiger partial charge in [0.15, 0.2) is 11.9 Å². The van der Waals surface area contributed by atoms with Crippen LogP contribution in [-0.4, -0.2) is 38.0 Å². The molecule has 0 heterocycles. The van der Waals surface area contributed by atoms with E-state index in [0.29, 0.717) is 28.3 Å². The highest BCUT2D eigenvalue weighted by Crippen LogP contribution is 2.25. The van der Waals surface area contributed by atoms with Crippen molar-refractivity contribution in [3.05, 3.63) is 59.7 Å². The number of rotatable bonds is 8. The Kier molecular flexibility index (Phi) is 7.54. The number of carbonyl (C=O) groups excluding carboxylic acids is 3. The molecule has 7 nitrogen and oxygen atoms in total. The van der Waals surface area contributed by atoms with E-state index in [1.54, 1.807) is 49.6 Å². The molecule has 1 unspecified atom stereocenters. The second-order valence-corrected chi connectivity index (χ2v) is 6.11. The Balaban J connectivity index is 2.01. The minimum Gasteiger partial charge on any atom is -0.497 e. The lowest BCUT2D eigenvalue weighted by molar-refractivity contribution is -0.148. The number of carbonyl (C=O) groups is 3. The fraction of sp³-hybridized carbons (Fsp3) is 0.227. The van der Waals surface area contributed by atoms with Gasteiger partial charge in [-0.05, 0) is 44.2 Å². The Bertz CT molecular complexity index is 935. The molecule has 0 aliphatic heterocycles. The van der Waals surface area contributed by atoms with Crippen molar-refractivity contribution in [1.82, 2.24) is 0 Å². The van der Waals surface area contributed by atoms with Gasteiger partial charge in [0.05, 0.1) is 19.9 Å². The first kappa shape index (κ1) is 21.7. The number of nitrogens with one attached hydrogen (secondary N) is 1. The summed E-state index contributed by atoms with van der Waals surface area (Å²) in [5, 5.41) is 2.61. The van der Waals surface area contributed by atoms with E-state index in [1.807, 2.05) is 0 Å². The summed E-state index contributed by atoms with van der Waals surface area (Å²) in [6.45, 7) is 2.86. The summed E-state index contributed by atoms with van der Waals surface area (Å²) in [5.74, 6) is -0.257. The first-order chi connectivity index (χ1) is 13.8. The number of Topliss-reactive ketones (excluding diaryl/α,β-unsaturated/α-hetero) is 1. The van der Waals surface area contributed by atoms with Crippen molar-refractivity contribution in [2.75, 3.05) is 19.5 Å². The summed E-state index contributed by atoms with van der Waals surface area (Å²) in [7, 11) is 3.05. The van der Waals surface area contributed by atoms with Crippen molar-refractivity contribution in [1.29, 1.82) is 0 Å². The molecule has 0 aliphatic carbocycles. The third kappa shape index (κ3) is 5.93. The fourth-order valence-electron chi connectivity index (χ4n) is 2.51. The van der Waals surface area contributed by atoms with E-state index in [0.717, 1.165) is 0 Å². The molecule has 0 saturated heterocycles. The normalized spacial score (nSPS) is 11.6. The Morgan fingerprint density at radius 3 is 2.41 bits per heavy atom. The standard InChI is InChI=1S/C22H23NO6/c1-14(24)18-7-5-6-8-19(18)23-22(26)15(2)29-21(25)12-10-16-9-11-17(27-3)13-20(16)28-4/h5-13,15H,1-4H3,(H,23,26)/b12-10+. The summed E-state index contributed by atoms with van der Waals surface area (Å²) in [6.07, 6.45) is 1.68. The summed E-state index contributed by atoms with van der Waals surface area (Å²) in [5.41, 5.74) is 1.40. The summed E-state index contributed by atoms with van der Waals surface area (Å²) in [4.78, 5) is 36.0. The van der Waals surface area contributed by atoms with Crippen LogP contribution >= 0.6 is 0 Å². The molecule has 1 atom stereocenters. The second kappa shape index (κ2) is 10.1. The summed E-state index contributed by atoms with van der Waals surface area (Å²) < 4.78 is 15.5. The largest absolute Gasteiger partial charge is 0.497 e. The zero-order chi connectivity index (χ0) is 21.4. The van der Waals surface area contributed by atoms with Crippen LogP contribution in [0.25, 0.3) is 6.08 Å². The zero-order valence-electron chi connectivity index (χ0n) is 16.7. The van der Waals surface area contributed by atoms with Crippen LogP contribution in [0.5, 0.6) is 11.5 Å². The molecule has 1 N–H and O–H groups in total.